The lowest BCUT2D eigenvalue weighted by Gasteiger charge is -2.17. The van der Waals surface area contributed by atoms with Gasteiger partial charge in [-0.1, -0.05) is 194 Å². The number of nitrogens with zero attached hydrogens (tertiary/aromatic N) is 8. The van der Waals surface area contributed by atoms with Gasteiger partial charge in [0.1, 0.15) is 5.58 Å². The van der Waals surface area contributed by atoms with Crippen LogP contribution in [0.3, 0.4) is 0 Å². The highest BCUT2D eigenvalue weighted by atomic mass is 16.3. The summed E-state index contributed by atoms with van der Waals surface area (Å²) in [6.07, 6.45) is 0. The van der Waals surface area contributed by atoms with E-state index in [9.17, 15) is 0 Å². The summed E-state index contributed by atoms with van der Waals surface area (Å²) in [5.74, 6) is 3.24. The quantitative estimate of drug-likeness (QED) is 0.149. The molecule has 0 fully saturated rings. The van der Waals surface area contributed by atoms with Crippen molar-refractivity contribution in [1.29, 1.82) is 0 Å². The number of aromatic nitrogens is 8. The van der Waals surface area contributed by atoms with Crippen molar-refractivity contribution in [1.82, 2.24) is 39.0 Å². The first-order chi connectivity index (χ1) is 37.2. The van der Waals surface area contributed by atoms with Gasteiger partial charge in [0.05, 0.1) is 27.8 Å². The molecule has 5 aromatic heterocycles. The second kappa shape index (κ2) is 17.1. The Bertz CT molecular complexity index is 4570. The lowest BCUT2D eigenvalue weighted by Crippen LogP contribution is -2.05. The number of hydrogen-bond donors (Lipinski definition) is 0. The Kier molecular flexibility index (Phi) is 9.67. The molecule has 15 rings (SSSR count). The predicted molar refractivity (Wildman–Crippen MR) is 302 cm³/mol. The normalized spacial score (nSPS) is 11.7. The zero-order chi connectivity index (χ0) is 49.4. The molecule has 0 N–H and O–H groups in total. The maximum atomic E-state index is 7.10. The molecule has 0 unspecified atom stereocenters. The molecule has 350 valence electrons. The number of fused-ring (bicyclic) bond motifs is 12. The summed E-state index contributed by atoms with van der Waals surface area (Å²) >= 11 is 0. The van der Waals surface area contributed by atoms with Crippen LogP contribution in [-0.2, 0) is 0 Å². The molecule has 0 radical (unpaired) electrons. The lowest BCUT2D eigenvalue weighted by molar-refractivity contribution is 0.671. The molecule has 15 aromatic rings. The van der Waals surface area contributed by atoms with E-state index in [1.54, 1.807) is 0 Å². The van der Waals surface area contributed by atoms with Gasteiger partial charge in [-0.3, -0.25) is 0 Å². The first-order valence-electron chi connectivity index (χ1n) is 25.0. The highest BCUT2D eigenvalue weighted by molar-refractivity contribution is 6.39. The predicted octanol–water partition coefficient (Wildman–Crippen LogP) is 16.2. The van der Waals surface area contributed by atoms with Crippen molar-refractivity contribution in [3.8, 4) is 79.7 Å². The van der Waals surface area contributed by atoms with Crippen LogP contribution in [0.5, 0.6) is 0 Å². The summed E-state index contributed by atoms with van der Waals surface area (Å²) in [6, 6.07) is 83.1. The van der Waals surface area contributed by atoms with Crippen LogP contribution in [0.1, 0.15) is 0 Å². The molecular formula is C66H40N8O. The van der Waals surface area contributed by atoms with Crippen molar-refractivity contribution in [2.24, 2.45) is 0 Å². The molecule has 9 heteroatoms. The summed E-state index contributed by atoms with van der Waals surface area (Å²) in [6.45, 7) is 0. The van der Waals surface area contributed by atoms with Crippen LogP contribution in [0.15, 0.2) is 247 Å². The van der Waals surface area contributed by atoms with E-state index in [1.807, 2.05) is 127 Å². The third-order valence-electron chi connectivity index (χ3n) is 14.2. The van der Waals surface area contributed by atoms with Crippen molar-refractivity contribution >= 4 is 65.6 Å². The topological polar surface area (TPSA) is 100 Å². The Balaban J connectivity index is 1.11. The van der Waals surface area contributed by atoms with Gasteiger partial charge < -0.3 is 13.6 Å². The van der Waals surface area contributed by atoms with Crippen molar-refractivity contribution in [3.05, 3.63) is 243 Å². The number of rotatable bonds is 8. The molecule has 0 aliphatic carbocycles. The van der Waals surface area contributed by atoms with Crippen molar-refractivity contribution < 1.29 is 4.42 Å². The molecule has 0 saturated heterocycles. The number of hydrogen-bond acceptors (Lipinski definition) is 7. The maximum absolute atomic E-state index is 7.10. The zero-order valence-corrected chi connectivity index (χ0v) is 40.1. The summed E-state index contributed by atoms with van der Waals surface area (Å²) in [7, 11) is 0. The molecule has 0 spiro atoms. The van der Waals surface area contributed by atoms with Gasteiger partial charge in [0.25, 0.3) is 0 Å². The fraction of sp³-hybridized carbons (Fsp3) is 0. The minimum Gasteiger partial charge on any atom is -0.454 e. The van der Waals surface area contributed by atoms with Gasteiger partial charge in [-0.2, -0.15) is 0 Å². The summed E-state index contributed by atoms with van der Waals surface area (Å²) in [5, 5.41) is 6.42. The van der Waals surface area contributed by atoms with E-state index in [-0.39, 0.29) is 0 Å². The molecule has 9 nitrogen and oxygen atoms in total. The molecule has 5 heterocycles. The Hall–Kier alpha value is -10.4. The van der Waals surface area contributed by atoms with Gasteiger partial charge in [-0.25, -0.2) is 29.9 Å². The summed E-state index contributed by atoms with van der Waals surface area (Å²) < 4.78 is 11.9. The zero-order valence-electron chi connectivity index (χ0n) is 40.1. The van der Waals surface area contributed by atoms with Crippen molar-refractivity contribution in [2.75, 3.05) is 0 Å². The van der Waals surface area contributed by atoms with E-state index in [1.165, 1.54) is 0 Å². The number of para-hydroxylation sites is 4. The molecule has 0 amide bonds. The molecule has 75 heavy (non-hydrogen) atoms. The molecular weight excluding hydrogens is 921 g/mol. The Labute approximate surface area is 429 Å². The second-order valence-corrected chi connectivity index (χ2v) is 18.6. The minimum atomic E-state index is 0.490. The molecule has 0 aliphatic rings. The molecule has 0 bridgehead atoms. The Morgan fingerprint density at radius 2 is 0.707 bits per heavy atom. The summed E-state index contributed by atoms with van der Waals surface area (Å²) in [4.78, 5) is 31.5. The lowest BCUT2D eigenvalue weighted by atomic mass is 10.0. The van der Waals surface area contributed by atoms with Gasteiger partial charge in [0.2, 0.25) is 0 Å². The van der Waals surface area contributed by atoms with Crippen LogP contribution in [0.2, 0.25) is 0 Å². The highest BCUT2D eigenvalue weighted by Crippen LogP contribution is 2.50. The Morgan fingerprint density at radius 3 is 1.24 bits per heavy atom. The van der Waals surface area contributed by atoms with Crippen LogP contribution in [0.4, 0.5) is 0 Å². The fourth-order valence-corrected chi connectivity index (χ4v) is 10.9. The van der Waals surface area contributed by atoms with Gasteiger partial charge in [-0.15, -0.1) is 0 Å². The van der Waals surface area contributed by atoms with E-state index in [4.69, 9.17) is 34.3 Å². The van der Waals surface area contributed by atoms with Crippen LogP contribution in [0, 0.1) is 0 Å². The van der Waals surface area contributed by atoms with Crippen molar-refractivity contribution in [3.63, 3.8) is 0 Å². The van der Waals surface area contributed by atoms with Gasteiger partial charge in [0, 0.05) is 71.4 Å². The smallest absolute Gasteiger partial charge is 0.166 e. The summed E-state index contributed by atoms with van der Waals surface area (Å²) in [5.41, 5.74) is 12.7. The molecule has 10 aromatic carbocycles. The Morgan fingerprint density at radius 1 is 0.293 bits per heavy atom. The first kappa shape index (κ1) is 42.3. The second-order valence-electron chi connectivity index (χ2n) is 18.6. The average molecular weight is 961 g/mol. The van der Waals surface area contributed by atoms with Crippen LogP contribution in [-0.4, -0.2) is 39.0 Å². The number of benzene rings is 10. The van der Waals surface area contributed by atoms with E-state index in [0.717, 1.165) is 110 Å². The van der Waals surface area contributed by atoms with Gasteiger partial charge in [-0.05, 0) is 48.5 Å². The van der Waals surface area contributed by atoms with Gasteiger partial charge in [0.15, 0.2) is 40.5 Å². The first-order valence-corrected chi connectivity index (χ1v) is 25.0. The molecule has 0 atom stereocenters. The third-order valence-corrected chi connectivity index (χ3v) is 14.2. The van der Waals surface area contributed by atoms with E-state index in [0.29, 0.717) is 34.9 Å². The van der Waals surface area contributed by atoms with E-state index < -0.39 is 0 Å². The monoisotopic (exact) mass is 960 g/mol. The SMILES string of the molecule is c1ccc(-c2nc(-c3ccccc3)nc(-c3ccc(-n4c5ccccc5c5c6c7ccccc7oc6c6c(c7ccccc7n6-c6ccccc6)c54)c(-c4nc(-c5ccccc5)nc(-c5ccccc5)n4)c3)n2)cc1. The van der Waals surface area contributed by atoms with E-state index >= 15 is 0 Å². The van der Waals surface area contributed by atoms with Crippen LogP contribution >= 0.6 is 0 Å². The molecule has 0 aliphatic heterocycles. The number of furan rings is 1. The standard InChI is InChI=1S/C66H40N8O/c1-6-22-41(23-7-1)61-67-62(42-24-8-2-9-25-42)70-65(69-61)45-38-39-53(50(40-45)66-71-63(43-26-10-3-11-27-43)68-64(72-66)44-28-12-4-13-29-44)74-52-36-20-16-32-47(52)55-56-49-34-18-21-37-54(49)75-60(56)59-57(58(55)74)48-33-17-19-35-51(48)73(59)46-30-14-5-15-31-46/h1-40H. The average Bonchev–Trinajstić information content (AvgIpc) is 4.35. The highest BCUT2D eigenvalue weighted by Gasteiger charge is 2.29. The maximum Gasteiger partial charge on any atom is 0.166 e. The van der Waals surface area contributed by atoms with Crippen LogP contribution < -0.4 is 0 Å². The molecule has 0 saturated carbocycles. The largest absolute Gasteiger partial charge is 0.454 e. The minimum absolute atomic E-state index is 0.490. The third kappa shape index (κ3) is 6.86. The fourth-order valence-electron chi connectivity index (χ4n) is 10.9. The van der Waals surface area contributed by atoms with Crippen LogP contribution in [0.25, 0.3) is 145 Å². The van der Waals surface area contributed by atoms with Crippen molar-refractivity contribution in [2.45, 2.75) is 0 Å². The van der Waals surface area contributed by atoms with E-state index in [2.05, 4.69) is 124 Å². The van der Waals surface area contributed by atoms with Gasteiger partial charge >= 0.3 is 0 Å².